The van der Waals surface area contributed by atoms with Crippen molar-refractivity contribution >= 4 is 11.6 Å². The molecule has 0 bridgehead atoms. The minimum absolute atomic E-state index is 0.0318. The van der Waals surface area contributed by atoms with E-state index in [4.69, 9.17) is 0 Å². The van der Waals surface area contributed by atoms with Crippen molar-refractivity contribution in [3.63, 3.8) is 0 Å². The molecule has 0 amide bonds. The molecule has 2 heterocycles. The van der Waals surface area contributed by atoms with Gasteiger partial charge in [0.2, 0.25) is 0 Å². The zero-order valence-corrected chi connectivity index (χ0v) is 12.3. The Morgan fingerprint density at radius 1 is 1.27 bits per heavy atom. The average molecular weight is 313 g/mol. The standard InChI is InChI=1S/C14H18F3N5/c1-9-8-11(18-7-6-10-4-2-3-5-10)22-13(19-9)20-12(21-22)14(15,16)17/h8,10,18H,2-7H2,1H3. The van der Waals surface area contributed by atoms with Crippen molar-refractivity contribution in [2.45, 2.75) is 45.2 Å². The summed E-state index contributed by atoms with van der Waals surface area (Å²) in [5.41, 5.74) is 0.608. The molecule has 2 aromatic heterocycles. The molecule has 2 aromatic rings. The van der Waals surface area contributed by atoms with Crippen LogP contribution in [0.3, 0.4) is 0 Å². The van der Waals surface area contributed by atoms with Crippen molar-refractivity contribution in [3.05, 3.63) is 17.6 Å². The molecule has 3 rings (SSSR count). The summed E-state index contributed by atoms with van der Waals surface area (Å²) in [5.74, 6) is 0.0241. The molecule has 5 nitrogen and oxygen atoms in total. The lowest BCUT2D eigenvalue weighted by Gasteiger charge is -2.11. The predicted molar refractivity (Wildman–Crippen MR) is 75.6 cm³/mol. The maximum atomic E-state index is 12.7. The fourth-order valence-corrected chi connectivity index (χ4v) is 2.94. The summed E-state index contributed by atoms with van der Waals surface area (Å²) in [6.45, 7) is 2.44. The van der Waals surface area contributed by atoms with Crippen LogP contribution < -0.4 is 5.32 Å². The monoisotopic (exact) mass is 313 g/mol. The van der Waals surface area contributed by atoms with Crippen LogP contribution in [0.25, 0.3) is 5.78 Å². The topological polar surface area (TPSA) is 55.1 Å². The smallest absolute Gasteiger partial charge is 0.370 e. The van der Waals surface area contributed by atoms with E-state index in [-0.39, 0.29) is 5.78 Å². The van der Waals surface area contributed by atoms with Gasteiger partial charge in [0.15, 0.2) is 0 Å². The Morgan fingerprint density at radius 3 is 2.68 bits per heavy atom. The van der Waals surface area contributed by atoms with Gasteiger partial charge in [-0.15, -0.1) is 5.10 Å². The molecule has 8 heteroatoms. The van der Waals surface area contributed by atoms with Crippen LogP contribution in [0.2, 0.25) is 0 Å². The summed E-state index contributed by atoms with van der Waals surface area (Å²) < 4.78 is 39.3. The third-order valence-electron chi connectivity index (χ3n) is 4.03. The van der Waals surface area contributed by atoms with Gasteiger partial charge in [0, 0.05) is 18.3 Å². The molecule has 22 heavy (non-hydrogen) atoms. The first-order valence-corrected chi connectivity index (χ1v) is 7.49. The SMILES string of the molecule is Cc1cc(NCCC2CCCC2)n2nc(C(F)(F)F)nc2n1. The second-order valence-corrected chi connectivity index (χ2v) is 5.79. The second-order valence-electron chi connectivity index (χ2n) is 5.79. The predicted octanol–water partition coefficient (Wildman–Crippen LogP) is 3.44. The largest absolute Gasteiger partial charge is 0.453 e. The average Bonchev–Trinajstić information content (AvgIpc) is 3.06. The quantitative estimate of drug-likeness (QED) is 0.939. The lowest BCUT2D eigenvalue weighted by atomic mass is 10.0. The zero-order valence-electron chi connectivity index (χ0n) is 12.3. The molecule has 1 aliphatic rings. The highest BCUT2D eigenvalue weighted by atomic mass is 19.4. The first kappa shape index (κ1) is 15.1. The number of alkyl halides is 3. The van der Waals surface area contributed by atoms with E-state index >= 15 is 0 Å². The van der Waals surface area contributed by atoms with E-state index in [2.05, 4.69) is 20.4 Å². The first-order valence-electron chi connectivity index (χ1n) is 7.49. The summed E-state index contributed by atoms with van der Waals surface area (Å²) in [4.78, 5) is 7.47. The van der Waals surface area contributed by atoms with Crippen molar-refractivity contribution in [1.82, 2.24) is 19.6 Å². The molecular weight excluding hydrogens is 295 g/mol. The van der Waals surface area contributed by atoms with Crippen molar-refractivity contribution in [2.75, 3.05) is 11.9 Å². The summed E-state index contributed by atoms with van der Waals surface area (Å²) in [7, 11) is 0. The first-order chi connectivity index (χ1) is 10.4. The molecule has 0 unspecified atom stereocenters. The van der Waals surface area contributed by atoms with Gasteiger partial charge in [-0.3, -0.25) is 0 Å². The molecule has 0 radical (unpaired) electrons. The normalized spacial score (nSPS) is 16.5. The number of hydrogen-bond acceptors (Lipinski definition) is 4. The third kappa shape index (κ3) is 3.15. The molecule has 120 valence electrons. The van der Waals surface area contributed by atoms with Crippen LogP contribution in [0.15, 0.2) is 6.07 Å². The number of halogens is 3. The number of aryl methyl sites for hydroxylation is 1. The van der Waals surface area contributed by atoms with Crippen LogP contribution in [-0.4, -0.2) is 26.1 Å². The van der Waals surface area contributed by atoms with Crippen LogP contribution in [0.5, 0.6) is 0 Å². The Bertz CT molecular complexity index is 658. The van der Waals surface area contributed by atoms with Crippen LogP contribution in [0.1, 0.15) is 43.6 Å². The highest BCUT2D eigenvalue weighted by molar-refractivity contribution is 5.45. The van der Waals surface area contributed by atoms with E-state index in [1.807, 2.05) is 0 Å². The molecule has 0 atom stereocenters. The number of rotatable bonds is 4. The second kappa shape index (κ2) is 5.73. The number of nitrogens with one attached hydrogen (secondary N) is 1. The third-order valence-corrected chi connectivity index (χ3v) is 4.03. The Labute approximate surface area is 126 Å². The number of nitrogens with zero attached hydrogens (tertiary/aromatic N) is 4. The van der Waals surface area contributed by atoms with Crippen molar-refractivity contribution in [1.29, 1.82) is 0 Å². The minimum atomic E-state index is -4.57. The highest BCUT2D eigenvalue weighted by Gasteiger charge is 2.36. The molecule has 1 aliphatic carbocycles. The van der Waals surface area contributed by atoms with Gasteiger partial charge in [0.25, 0.3) is 11.6 Å². The lowest BCUT2D eigenvalue weighted by Crippen LogP contribution is -2.11. The van der Waals surface area contributed by atoms with Gasteiger partial charge in [0.1, 0.15) is 5.82 Å². The molecule has 1 fully saturated rings. The van der Waals surface area contributed by atoms with E-state index in [1.165, 1.54) is 25.7 Å². The van der Waals surface area contributed by atoms with E-state index < -0.39 is 12.0 Å². The Morgan fingerprint density at radius 2 is 2.00 bits per heavy atom. The van der Waals surface area contributed by atoms with E-state index in [1.54, 1.807) is 13.0 Å². The van der Waals surface area contributed by atoms with Crippen molar-refractivity contribution < 1.29 is 13.2 Å². The molecule has 0 spiro atoms. The van der Waals surface area contributed by atoms with Gasteiger partial charge in [-0.2, -0.15) is 22.7 Å². The van der Waals surface area contributed by atoms with E-state index in [0.29, 0.717) is 24.0 Å². The summed E-state index contributed by atoms with van der Waals surface area (Å²) >= 11 is 0. The van der Waals surface area contributed by atoms with Gasteiger partial charge >= 0.3 is 6.18 Å². The van der Waals surface area contributed by atoms with Gasteiger partial charge in [-0.05, 0) is 19.3 Å². The van der Waals surface area contributed by atoms with Crippen molar-refractivity contribution in [2.24, 2.45) is 5.92 Å². The molecule has 1 N–H and O–H groups in total. The molecule has 0 aliphatic heterocycles. The minimum Gasteiger partial charge on any atom is -0.370 e. The zero-order chi connectivity index (χ0) is 15.7. The maximum Gasteiger partial charge on any atom is 0.453 e. The van der Waals surface area contributed by atoms with Gasteiger partial charge in [-0.1, -0.05) is 25.7 Å². The van der Waals surface area contributed by atoms with Gasteiger partial charge < -0.3 is 5.32 Å². The number of aromatic nitrogens is 4. The Balaban J connectivity index is 1.79. The molecule has 0 saturated heterocycles. The number of fused-ring (bicyclic) bond motifs is 1. The van der Waals surface area contributed by atoms with Crippen molar-refractivity contribution in [3.8, 4) is 0 Å². The molecule has 1 saturated carbocycles. The maximum absolute atomic E-state index is 12.7. The highest BCUT2D eigenvalue weighted by Crippen LogP contribution is 2.28. The fourth-order valence-electron chi connectivity index (χ4n) is 2.94. The summed E-state index contributed by atoms with van der Waals surface area (Å²) in [5, 5.41) is 6.70. The van der Waals surface area contributed by atoms with E-state index in [0.717, 1.165) is 10.9 Å². The van der Waals surface area contributed by atoms with E-state index in [9.17, 15) is 13.2 Å². The van der Waals surface area contributed by atoms with Gasteiger partial charge in [-0.25, -0.2) is 4.98 Å². The number of hydrogen-bond donors (Lipinski definition) is 1. The van der Waals surface area contributed by atoms with Crippen LogP contribution in [0, 0.1) is 12.8 Å². The molecular formula is C14H18F3N5. The lowest BCUT2D eigenvalue weighted by molar-refractivity contribution is -0.144. The van der Waals surface area contributed by atoms with Gasteiger partial charge in [0.05, 0.1) is 0 Å². The van der Waals surface area contributed by atoms with Crippen LogP contribution in [0.4, 0.5) is 19.0 Å². The van der Waals surface area contributed by atoms with Crippen LogP contribution >= 0.6 is 0 Å². The fraction of sp³-hybridized carbons (Fsp3) is 0.643. The molecule has 0 aromatic carbocycles. The number of anilines is 1. The Hall–Kier alpha value is -1.86. The summed E-state index contributed by atoms with van der Waals surface area (Å²) in [6, 6.07) is 1.69. The van der Waals surface area contributed by atoms with Crippen LogP contribution in [-0.2, 0) is 6.18 Å². The summed E-state index contributed by atoms with van der Waals surface area (Å²) in [6.07, 6.45) is 1.50. The Kier molecular flexibility index (Phi) is 3.92.